The quantitative estimate of drug-likeness (QED) is 0.856. The summed E-state index contributed by atoms with van der Waals surface area (Å²) in [5, 5.41) is 8.21. The minimum absolute atomic E-state index is 0.0755. The van der Waals surface area contributed by atoms with Crippen LogP contribution in [-0.2, 0) is 16.8 Å². The van der Waals surface area contributed by atoms with Gasteiger partial charge in [-0.2, -0.15) is 13.2 Å². The number of amides is 1. The number of aryl methyl sites for hydroxylation is 1. The Balaban J connectivity index is 1.68. The molecular formula is C15H21F3N4O. The number of carbonyl (C=O) groups is 1. The largest absolute Gasteiger partial charge is 0.403 e. The monoisotopic (exact) mass is 330 g/mol. The van der Waals surface area contributed by atoms with Crippen LogP contribution in [-0.4, -0.2) is 45.1 Å². The van der Waals surface area contributed by atoms with Crippen LogP contribution in [0.2, 0.25) is 0 Å². The molecular weight excluding hydrogens is 309 g/mol. The number of likely N-dealkylation sites (tertiary alicyclic amines) is 1. The van der Waals surface area contributed by atoms with Gasteiger partial charge in [0.15, 0.2) is 0 Å². The highest BCUT2D eigenvalue weighted by Gasteiger charge is 2.69. The van der Waals surface area contributed by atoms with Crippen LogP contribution in [0.15, 0.2) is 6.20 Å². The summed E-state index contributed by atoms with van der Waals surface area (Å²) in [5.41, 5.74) is -1.49. The highest BCUT2D eigenvalue weighted by atomic mass is 19.4. The predicted molar refractivity (Wildman–Crippen MR) is 76.6 cm³/mol. The topological polar surface area (TPSA) is 51.0 Å². The predicted octanol–water partition coefficient (Wildman–Crippen LogP) is 2.52. The maximum Gasteiger partial charge on any atom is 0.403 e. The van der Waals surface area contributed by atoms with E-state index in [2.05, 4.69) is 10.3 Å². The van der Waals surface area contributed by atoms with Crippen LogP contribution >= 0.6 is 0 Å². The van der Waals surface area contributed by atoms with Crippen LogP contribution in [0.5, 0.6) is 0 Å². The average Bonchev–Trinajstić information content (AvgIpc) is 3.18. The van der Waals surface area contributed by atoms with Gasteiger partial charge in [0.1, 0.15) is 5.41 Å². The molecule has 0 bridgehead atoms. The zero-order valence-corrected chi connectivity index (χ0v) is 13.4. The maximum atomic E-state index is 13.1. The minimum Gasteiger partial charge on any atom is -0.342 e. The molecule has 8 heteroatoms. The van der Waals surface area contributed by atoms with Gasteiger partial charge in [-0.25, -0.2) is 0 Å². The zero-order valence-electron chi connectivity index (χ0n) is 13.4. The van der Waals surface area contributed by atoms with E-state index in [0.717, 1.165) is 12.2 Å². The van der Waals surface area contributed by atoms with Crippen LogP contribution in [0.25, 0.3) is 0 Å². The Hall–Kier alpha value is -1.60. The Morgan fingerprint density at radius 2 is 1.87 bits per heavy atom. The number of hydrogen-bond acceptors (Lipinski definition) is 3. The van der Waals surface area contributed by atoms with Crippen LogP contribution < -0.4 is 0 Å². The third kappa shape index (κ3) is 2.61. The molecule has 1 saturated heterocycles. The molecule has 0 N–H and O–H groups in total. The summed E-state index contributed by atoms with van der Waals surface area (Å²) >= 11 is 0. The van der Waals surface area contributed by atoms with Crippen molar-refractivity contribution in [3.8, 4) is 0 Å². The van der Waals surface area contributed by atoms with Gasteiger partial charge in [0.25, 0.3) is 0 Å². The van der Waals surface area contributed by atoms with Gasteiger partial charge in [-0.1, -0.05) is 12.1 Å². The number of alkyl halides is 3. The van der Waals surface area contributed by atoms with Crippen molar-refractivity contribution in [2.75, 3.05) is 13.1 Å². The smallest absolute Gasteiger partial charge is 0.342 e. The van der Waals surface area contributed by atoms with E-state index >= 15 is 0 Å². The molecule has 2 heterocycles. The molecule has 5 nitrogen and oxygen atoms in total. The fourth-order valence-electron chi connectivity index (χ4n) is 3.24. The maximum absolute atomic E-state index is 13.1. The summed E-state index contributed by atoms with van der Waals surface area (Å²) in [6, 6.07) is 0. The first kappa shape index (κ1) is 16.3. The molecule has 0 unspecified atom stereocenters. The Kier molecular flexibility index (Phi) is 3.68. The molecule has 1 aromatic heterocycles. The lowest BCUT2D eigenvalue weighted by atomic mass is 9.77. The molecule has 1 amide bonds. The van der Waals surface area contributed by atoms with Crippen molar-refractivity contribution >= 4 is 5.91 Å². The molecule has 1 aliphatic carbocycles. The SMILES string of the molecule is CCn1cc(C2(C)CCN(C(=O)C3(C(F)(F)F)CC3)CC2)nn1. The van der Waals surface area contributed by atoms with Gasteiger partial charge in [0, 0.05) is 31.2 Å². The van der Waals surface area contributed by atoms with Gasteiger partial charge in [-0.3, -0.25) is 9.48 Å². The summed E-state index contributed by atoms with van der Waals surface area (Å²) in [6.07, 6.45) is -1.49. The van der Waals surface area contributed by atoms with Gasteiger partial charge in [-0.05, 0) is 32.6 Å². The zero-order chi connectivity index (χ0) is 16.9. The Morgan fingerprint density at radius 3 is 2.30 bits per heavy atom. The second-order valence-corrected chi connectivity index (χ2v) is 6.89. The van der Waals surface area contributed by atoms with E-state index in [4.69, 9.17) is 0 Å². The molecule has 2 aliphatic rings. The van der Waals surface area contributed by atoms with Crippen LogP contribution in [0.1, 0.15) is 45.2 Å². The number of rotatable bonds is 3. The highest BCUT2D eigenvalue weighted by molar-refractivity contribution is 5.86. The Bertz CT molecular complexity index is 598. The van der Waals surface area contributed by atoms with Gasteiger partial charge < -0.3 is 4.90 Å². The van der Waals surface area contributed by atoms with Crippen LogP contribution in [0.3, 0.4) is 0 Å². The first-order chi connectivity index (χ1) is 10.7. The van der Waals surface area contributed by atoms with Crippen LogP contribution in [0, 0.1) is 5.41 Å². The van der Waals surface area contributed by atoms with E-state index < -0.39 is 17.5 Å². The number of halogens is 3. The molecule has 1 saturated carbocycles. The van der Waals surface area contributed by atoms with Gasteiger partial charge in [0.2, 0.25) is 5.91 Å². The second-order valence-electron chi connectivity index (χ2n) is 6.89. The highest BCUT2D eigenvalue weighted by Crippen LogP contribution is 2.59. The molecule has 1 aromatic rings. The van der Waals surface area contributed by atoms with E-state index in [1.807, 2.05) is 20.0 Å². The molecule has 0 atom stereocenters. The Morgan fingerprint density at radius 1 is 1.26 bits per heavy atom. The molecule has 1 aliphatic heterocycles. The number of piperidine rings is 1. The molecule has 0 aromatic carbocycles. The molecule has 128 valence electrons. The lowest BCUT2D eigenvalue weighted by Gasteiger charge is -2.39. The summed E-state index contributed by atoms with van der Waals surface area (Å²) in [6.45, 7) is 5.41. The number of carbonyl (C=O) groups excluding carboxylic acids is 1. The lowest BCUT2D eigenvalue weighted by molar-refractivity contribution is -0.199. The number of nitrogens with zero attached hydrogens (tertiary/aromatic N) is 4. The summed E-state index contributed by atoms with van der Waals surface area (Å²) < 4.78 is 41.0. The van der Waals surface area contributed by atoms with Gasteiger partial charge >= 0.3 is 6.18 Å². The summed E-state index contributed by atoms with van der Waals surface area (Å²) in [7, 11) is 0. The van der Waals surface area contributed by atoms with E-state index in [0.29, 0.717) is 25.9 Å². The molecule has 2 fully saturated rings. The lowest BCUT2D eigenvalue weighted by Crippen LogP contribution is -2.49. The van der Waals surface area contributed by atoms with E-state index in [1.54, 1.807) is 4.68 Å². The van der Waals surface area contributed by atoms with Crippen LogP contribution in [0.4, 0.5) is 13.2 Å². The molecule has 3 rings (SSSR count). The van der Waals surface area contributed by atoms with Gasteiger partial charge in [0.05, 0.1) is 5.69 Å². The van der Waals surface area contributed by atoms with Crippen molar-refractivity contribution in [1.29, 1.82) is 0 Å². The third-order valence-electron chi connectivity index (χ3n) is 5.34. The van der Waals surface area contributed by atoms with E-state index in [1.165, 1.54) is 4.90 Å². The van der Waals surface area contributed by atoms with E-state index in [9.17, 15) is 18.0 Å². The summed E-state index contributed by atoms with van der Waals surface area (Å²) in [4.78, 5) is 13.7. The normalized spacial score (nSPS) is 22.9. The number of aromatic nitrogens is 3. The Labute approximate surface area is 132 Å². The van der Waals surface area contributed by atoms with Crippen molar-refractivity contribution < 1.29 is 18.0 Å². The first-order valence-electron chi connectivity index (χ1n) is 7.99. The molecule has 0 spiro atoms. The minimum atomic E-state index is -4.44. The average molecular weight is 330 g/mol. The van der Waals surface area contributed by atoms with Crippen molar-refractivity contribution in [2.24, 2.45) is 5.41 Å². The second kappa shape index (κ2) is 5.21. The fourth-order valence-corrected chi connectivity index (χ4v) is 3.24. The summed E-state index contributed by atoms with van der Waals surface area (Å²) in [5.74, 6) is -0.746. The van der Waals surface area contributed by atoms with Crippen molar-refractivity contribution in [1.82, 2.24) is 19.9 Å². The standard InChI is InChI=1S/C15H21F3N4O/c1-3-22-10-11(19-20-22)13(2)6-8-21(9-7-13)12(23)14(4-5-14)15(16,17)18/h10H,3-9H2,1-2H3. The van der Waals surface area contributed by atoms with Crippen molar-refractivity contribution in [3.05, 3.63) is 11.9 Å². The van der Waals surface area contributed by atoms with Crippen molar-refractivity contribution in [2.45, 2.75) is 57.7 Å². The number of hydrogen-bond donors (Lipinski definition) is 0. The van der Waals surface area contributed by atoms with E-state index in [-0.39, 0.29) is 18.3 Å². The molecule has 0 radical (unpaired) electrons. The van der Waals surface area contributed by atoms with Gasteiger partial charge in [-0.15, -0.1) is 5.10 Å². The van der Waals surface area contributed by atoms with Crippen molar-refractivity contribution in [3.63, 3.8) is 0 Å². The third-order valence-corrected chi connectivity index (χ3v) is 5.34. The molecule has 23 heavy (non-hydrogen) atoms. The fraction of sp³-hybridized carbons (Fsp3) is 0.800. The first-order valence-corrected chi connectivity index (χ1v) is 7.99.